The van der Waals surface area contributed by atoms with E-state index in [1.54, 1.807) is 10.9 Å². The Balaban J connectivity index is 1.72. The third-order valence-corrected chi connectivity index (χ3v) is 5.61. The molecule has 0 aliphatic carbocycles. The molecular weight excluding hydrogens is 374 g/mol. The molecule has 0 aliphatic rings. The lowest BCUT2D eigenvalue weighted by molar-refractivity contribution is 0.560. The number of pyridine rings is 1. The molecule has 0 saturated carbocycles. The van der Waals surface area contributed by atoms with Gasteiger partial charge in [0.05, 0.1) is 17.3 Å². The topological polar surface area (TPSA) is 91.4 Å². The van der Waals surface area contributed by atoms with Gasteiger partial charge in [-0.05, 0) is 37.5 Å². The second-order valence-electron chi connectivity index (χ2n) is 6.53. The highest BCUT2D eigenvalue weighted by molar-refractivity contribution is 7.08. The Morgan fingerprint density at radius 3 is 2.82 bits per heavy atom. The van der Waals surface area contributed by atoms with Gasteiger partial charge >= 0.3 is 0 Å². The van der Waals surface area contributed by atoms with Crippen molar-refractivity contribution in [1.82, 2.24) is 33.9 Å². The summed E-state index contributed by atoms with van der Waals surface area (Å²) in [5.74, 6) is 0. The Hall–Kier alpha value is -3.46. The van der Waals surface area contributed by atoms with Gasteiger partial charge in [-0.1, -0.05) is 29.5 Å². The maximum absolute atomic E-state index is 13.2. The van der Waals surface area contributed by atoms with Crippen molar-refractivity contribution in [3.05, 3.63) is 70.5 Å². The highest BCUT2D eigenvalue weighted by Crippen LogP contribution is 2.26. The molecule has 5 aromatic rings. The molecule has 0 fully saturated rings. The highest BCUT2D eigenvalue weighted by atomic mass is 32.1. The van der Waals surface area contributed by atoms with Crippen LogP contribution >= 0.6 is 11.5 Å². The molecule has 0 saturated heterocycles. The Morgan fingerprint density at radius 2 is 2.00 bits per heavy atom. The average molecular weight is 389 g/mol. The first-order valence-corrected chi connectivity index (χ1v) is 9.50. The summed E-state index contributed by atoms with van der Waals surface area (Å²) in [6.45, 7) is 3.86. The second kappa shape index (κ2) is 6.31. The SMILES string of the molecule is Cc1cc(-n2cnc3nnn(C(C)c4cccc5cccnc45)c3c2=O)sn1. The van der Waals surface area contributed by atoms with E-state index < -0.39 is 0 Å². The smallest absolute Gasteiger partial charge is 0.266 e. The third kappa shape index (κ3) is 2.51. The van der Waals surface area contributed by atoms with Crippen LogP contribution in [0.2, 0.25) is 0 Å². The van der Waals surface area contributed by atoms with Crippen LogP contribution < -0.4 is 5.56 Å². The number of benzene rings is 1. The Bertz CT molecular complexity index is 1380. The molecule has 8 nitrogen and oxygen atoms in total. The predicted octanol–water partition coefficient (Wildman–Crippen LogP) is 2.90. The van der Waals surface area contributed by atoms with Crippen molar-refractivity contribution < 1.29 is 0 Å². The molecule has 1 aromatic carbocycles. The van der Waals surface area contributed by atoms with Gasteiger partial charge in [-0.2, -0.15) is 4.37 Å². The minimum Gasteiger partial charge on any atom is -0.266 e. The largest absolute Gasteiger partial charge is 0.286 e. The van der Waals surface area contributed by atoms with Crippen LogP contribution in [0.1, 0.15) is 24.2 Å². The lowest BCUT2D eigenvalue weighted by Crippen LogP contribution is -2.22. The zero-order valence-electron chi connectivity index (χ0n) is 15.1. The van der Waals surface area contributed by atoms with Crippen LogP contribution in [0.3, 0.4) is 0 Å². The van der Waals surface area contributed by atoms with Gasteiger partial charge in [-0.15, -0.1) is 5.10 Å². The molecule has 138 valence electrons. The van der Waals surface area contributed by atoms with Crippen molar-refractivity contribution in [2.45, 2.75) is 19.9 Å². The number of hydrogen-bond acceptors (Lipinski definition) is 7. The first-order chi connectivity index (χ1) is 13.6. The Morgan fingerprint density at radius 1 is 1.14 bits per heavy atom. The van der Waals surface area contributed by atoms with Gasteiger partial charge in [0.25, 0.3) is 5.56 Å². The summed E-state index contributed by atoms with van der Waals surface area (Å²) in [5.41, 5.74) is 3.15. The Kier molecular flexibility index (Phi) is 3.76. The number of fused-ring (bicyclic) bond motifs is 2. The highest BCUT2D eigenvalue weighted by Gasteiger charge is 2.20. The summed E-state index contributed by atoms with van der Waals surface area (Å²) in [4.78, 5) is 22.0. The van der Waals surface area contributed by atoms with Crippen LogP contribution in [0.5, 0.6) is 0 Å². The predicted molar refractivity (Wildman–Crippen MR) is 107 cm³/mol. The zero-order chi connectivity index (χ0) is 19.3. The summed E-state index contributed by atoms with van der Waals surface area (Å²) >= 11 is 1.25. The maximum Gasteiger partial charge on any atom is 0.286 e. The van der Waals surface area contributed by atoms with Crippen LogP contribution in [0.15, 0.2) is 53.7 Å². The molecule has 0 aliphatic heterocycles. The van der Waals surface area contributed by atoms with Crippen LogP contribution in [0.25, 0.3) is 27.1 Å². The minimum atomic E-state index is -0.239. The molecule has 0 radical (unpaired) electrons. The van der Waals surface area contributed by atoms with Gasteiger partial charge < -0.3 is 0 Å². The van der Waals surface area contributed by atoms with E-state index in [1.807, 2.05) is 50.2 Å². The second-order valence-corrected chi connectivity index (χ2v) is 7.31. The molecule has 4 heterocycles. The van der Waals surface area contributed by atoms with Gasteiger partial charge in [0, 0.05) is 17.1 Å². The lowest BCUT2D eigenvalue weighted by Gasteiger charge is -2.14. The minimum absolute atomic E-state index is 0.223. The molecular formula is C19H15N7OS. The standard InChI is InChI=1S/C19H15N7OS/c1-11-9-15(28-23-11)25-10-21-18-17(19(25)27)26(24-22-18)12(2)14-7-3-5-13-6-4-8-20-16(13)14/h3-10,12H,1-2H3. The average Bonchev–Trinajstić information content (AvgIpc) is 3.34. The molecule has 5 rings (SSSR count). The van der Waals surface area contributed by atoms with Gasteiger partial charge in [0.1, 0.15) is 11.3 Å². The number of hydrogen-bond donors (Lipinski definition) is 0. The first-order valence-electron chi connectivity index (χ1n) is 8.73. The third-order valence-electron chi connectivity index (χ3n) is 4.73. The lowest BCUT2D eigenvalue weighted by atomic mass is 10.0. The normalized spacial score (nSPS) is 12.6. The number of aromatic nitrogens is 7. The van der Waals surface area contributed by atoms with Crippen LogP contribution in [0, 0.1) is 6.92 Å². The molecule has 28 heavy (non-hydrogen) atoms. The van der Waals surface area contributed by atoms with Crippen molar-refractivity contribution in [1.29, 1.82) is 0 Å². The van der Waals surface area contributed by atoms with Crippen LogP contribution in [-0.4, -0.2) is 33.9 Å². The van der Waals surface area contributed by atoms with E-state index in [4.69, 9.17) is 0 Å². The van der Waals surface area contributed by atoms with Crippen molar-refractivity contribution in [2.24, 2.45) is 0 Å². The van der Waals surface area contributed by atoms with Crippen LogP contribution in [0.4, 0.5) is 0 Å². The molecule has 0 spiro atoms. The summed E-state index contributed by atoms with van der Waals surface area (Å²) in [7, 11) is 0. The van der Waals surface area contributed by atoms with Crippen molar-refractivity contribution in [3.8, 4) is 5.00 Å². The van der Waals surface area contributed by atoms with E-state index in [1.165, 1.54) is 22.4 Å². The molecule has 1 atom stereocenters. The zero-order valence-corrected chi connectivity index (χ0v) is 16.0. The monoisotopic (exact) mass is 389 g/mol. The van der Waals surface area contributed by atoms with E-state index in [2.05, 4.69) is 24.7 Å². The van der Waals surface area contributed by atoms with E-state index in [0.29, 0.717) is 16.2 Å². The first kappa shape index (κ1) is 16.7. The quantitative estimate of drug-likeness (QED) is 0.471. The van der Waals surface area contributed by atoms with Crippen LogP contribution in [-0.2, 0) is 0 Å². The van der Waals surface area contributed by atoms with Gasteiger partial charge in [-0.25, -0.2) is 9.67 Å². The molecule has 0 N–H and O–H groups in total. The number of para-hydroxylation sites is 1. The van der Waals surface area contributed by atoms with Gasteiger partial charge in [-0.3, -0.25) is 14.3 Å². The summed E-state index contributed by atoms with van der Waals surface area (Å²) < 4.78 is 7.36. The summed E-state index contributed by atoms with van der Waals surface area (Å²) in [6.07, 6.45) is 3.24. The van der Waals surface area contributed by atoms with Crippen molar-refractivity contribution in [2.75, 3.05) is 0 Å². The van der Waals surface area contributed by atoms with E-state index in [-0.39, 0.29) is 11.6 Å². The van der Waals surface area contributed by atoms with E-state index in [9.17, 15) is 4.79 Å². The van der Waals surface area contributed by atoms with Crippen molar-refractivity contribution >= 4 is 33.6 Å². The maximum atomic E-state index is 13.2. The van der Waals surface area contributed by atoms with Crippen molar-refractivity contribution in [3.63, 3.8) is 0 Å². The summed E-state index contributed by atoms with van der Waals surface area (Å²) in [6, 6.07) is 11.5. The molecule has 1 unspecified atom stereocenters. The molecule has 0 amide bonds. The van der Waals surface area contributed by atoms with E-state index >= 15 is 0 Å². The molecule has 4 aromatic heterocycles. The number of nitrogens with zero attached hydrogens (tertiary/aromatic N) is 7. The summed E-state index contributed by atoms with van der Waals surface area (Å²) in [5, 5.41) is 10.1. The van der Waals surface area contributed by atoms with E-state index in [0.717, 1.165) is 22.2 Å². The molecule has 0 bridgehead atoms. The van der Waals surface area contributed by atoms with Gasteiger partial charge in [0.15, 0.2) is 5.52 Å². The fourth-order valence-corrected chi connectivity index (χ4v) is 4.06. The number of aryl methyl sites for hydroxylation is 1. The fraction of sp³-hybridized carbons (Fsp3) is 0.158. The number of rotatable bonds is 3. The fourth-order valence-electron chi connectivity index (χ4n) is 3.33. The molecule has 9 heteroatoms. The van der Waals surface area contributed by atoms with Gasteiger partial charge in [0.2, 0.25) is 5.65 Å². The Labute approximate surface area is 163 Å².